The first kappa shape index (κ1) is 14.1. The molecule has 0 fully saturated rings. The van der Waals surface area contributed by atoms with Crippen molar-refractivity contribution in [2.45, 2.75) is 25.4 Å². The molecule has 18 heavy (non-hydrogen) atoms. The second-order valence-electron chi connectivity index (χ2n) is 3.71. The van der Waals surface area contributed by atoms with E-state index in [-0.39, 0.29) is 24.0 Å². The largest absolute Gasteiger partial charge is 0.479 e. The van der Waals surface area contributed by atoms with Crippen LogP contribution >= 0.6 is 0 Å². The number of aryl methyl sites for hydroxylation is 1. The molecule has 1 atom stereocenters. The molecule has 0 radical (unpaired) electrons. The summed E-state index contributed by atoms with van der Waals surface area (Å²) in [6, 6.07) is 5.36. The number of nitrogens with zero attached hydrogens (tertiary/aromatic N) is 1. The minimum atomic E-state index is -2.76. The minimum Gasteiger partial charge on any atom is -0.479 e. The zero-order chi connectivity index (χ0) is 13.7. The van der Waals surface area contributed by atoms with Gasteiger partial charge in [0.2, 0.25) is 0 Å². The van der Waals surface area contributed by atoms with Crippen LogP contribution in [0.25, 0.3) is 0 Å². The van der Waals surface area contributed by atoms with Crippen molar-refractivity contribution < 1.29 is 23.8 Å². The van der Waals surface area contributed by atoms with Crippen LogP contribution in [0.1, 0.15) is 35.6 Å². The van der Waals surface area contributed by atoms with Gasteiger partial charge in [0.1, 0.15) is 0 Å². The molecule has 1 aromatic rings. The Morgan fingerprint density at radius 2 is 1.94 bits per heavy atom. The standard InChI is InChI=1S/C12H11F2NO3/c13-11(14)9-5-7(2-1-3-15)4-8(6-9)10(16)12(17)18/h4-6,10-11,16H,1-2H2,(H,17,18). The highest BCUT2D eigenvalue weighted by molar-refractivity contribution is 5.74. The predicted octanol–water partition coefficient (Wildman–Crippen LogP) is 2.20. The summed E-state index contributed by atoms with van der Waals surface area (Å²) in [4.78, 5) is 10.6. The van der Waals surface area contributed by atoms with Crippen LogP contribution in [0.2, 0.25) is 0 Å². The van der Waals surface area contributed by atoms with E-state index in [1.165, 1.54) is 12.1 Å². The molecule has 0 spiro atoms. The number of benzene rings is 1. The third-order valence-corrected chi connectivity index (χ3v) is 2.36. The Kier molecular flexibility index (Phi) is 4.75. The average molecular weight is 255 g/mol. The molecule has 0 bridgehead atoms. The van der Waals surface area contributed by atoms with Gasteiger partial charge in [-0.15, -0.1) is 0 Å². The number of rotatable bonds is 5. The van der Waals surface area contributed by atoms with E-state index in [9.17, 15) is 18.7 Å². The van der Waals surface area contributed by atoms with Crippen molar-refractivity contribution >= 4 is 5.97 Å². The molecule has 2 N–H and O–H groups in total. The molecular weight excluding hydrogens is 244 g/mol. The van der Waals surface area contributed by atoms with Gasteiger partial charge in [0.15, 0.2) is 6.10 Å². The third kappa shape index (κ3) is 3.50. The molecule has 0 amide bonds. The quantitative estimate of drug-likeness (QED) is 0.845. The Balaban J connectivity index is 3.14. The Morgan fingerprint density at radius 3 is 2.44 bits per heavy atom. The highest BCUT2D eigenvalue weighted by Gasteiger charge is 2.19. The second kappa shape index (κ2) is 6.07. The lowest BCUT2D eigenvalue weighted by atomic mass is 9.99. The number of aliphatic hydroxyl groups is 1. The molecule has 0 saturated carbocycles. The van der Waals surface area contributed by atoms with Gasteiger partial charge in [-0.1, -0.05) is 12.1 Å². The number of carboxylic acids is 1. The lowest BCUT2D eigenvalue weighted by Crippen LogP contribution is -2.11. The van der Waals surface area contributed by atoms with Crippen LogP contribution in [-0.4, -0.2) is 16.2 Å². The molecule has 1 unspecified atom stereocenters. The number of carboxylic acid groups (broad SMARTS) is 1. The zero-order valence-corrected chi connectivity index (χ0v) is 9.31. The summed E-state index contributed by atoms with van der Waals surface area (Å²) in [7, 11) is 0. The molecular formula is C12H11F2NO3. The lowest BCUT2D eigenvalue weighted by molar-refractivity contribution is -0.146. The number of halogens is 2. The number of carbonyl (C=O) groups is 1. The molecule has 1 rings (SSSR count). The first-order valence-electron chi connectivity index (χ1n) is 5.15. The molecule has 0 saturated heterocycles. The van der Waals surface area contributed by atoms with Crippen LogP contribution in [0.15, 0.2) is 18.2 Å². The van der Waals surface area contributed by atoms with Crippen LogP contribution in [-0.2, 0) is 11.2 Å². The normalized spacial score (nSPS) is 12.2. The van der Waals surface area contributed by atoms with E-state index in [2.05, 4.69) is 0 Å². The average Bonchev–Trinajstić information content (AvgIpc) is 2.34. The molecule has 6 heteroatoms. The van der Waals surface area contributed by atoms with Gasteiger partial charge in [-0.25, -0.2) is 13.6 Å². The van der Waals surface area contributed by atoms with Gasteiger partial charge >= 0.3 is 5.97 Å². The van der Waals surface area contributed by atoms with Crippen molar-refractivity contribution in [2.24, 2.45) is 0 Å². The second-order valence-corrected chi connectivity index (χ2v) is 3.71. The van der Waals surface area contributed by atoms with Gasteiger partial charge in [0.05, 0.1) is 6.07 Å². The maximum Gasteiger partial charge on any atom is 0.337 e. The van der Waals surface area contributed by atoms with E-state index >= 15 is 0 Å². The highest BCUT2D eigenvalue weighted by Crippen LogP contribution is 2.25. The molecule has 1 aromatic carbocycles. The first-order chi connectivity index (χ1) is 8.45. The maximum atomic E-state index is 12.6. The van der Waals surface area contributed by atoms with Crippen molar-refractivity contribution in [3.63, 3.8) is 0 Å². The summed E-state index contributed by atoms with van der Waals surface area (Å²) in [6.07, 6.45) is -4.23. The fourth-order valence-corrected chi connectivity index (χ4v) is 1.52. The number of hydrogen-bond donors (Lipinski definition) is 2. The number of aliphatic hydroxyl groups excluding tert-OH is 1. The van der Waals surface area contributed by atoms with E-state index in [1.54, 1.807) is 0 Å². The summed E-state index contributed by atoms with van der Waals surface area (Å²) >= 11 is 0. The van der Waals surface area contributed by atoms with Crippen LogP contribution in [0.5, 0.6) is 0 Å². The zero-order valence-electron chi connectivity index (χ0n) is 9.31. The first-order valence-corrected chi connectivity index (χ1v) is 5.15. The van der Waals surface area contributed by atoms with Gasteiger partial charge in [-0.2, -0.15) is 5.26 Å². The number of alkyl halides is 2. The Bertz CT molecular complexity index is 483. The van der Waals surface area contributed by atoms with E-state index in [1.807, 2.05) is 6.07 Å². The Morgan fingerprint density at radius 1 is 1.33 bits per heavy atom. The number of hydrogen-bond acceptors (Lipinski definition) is 3. The van der Waals surface area contributed by atoms with Gasteiger partial charge in [0.25, 0.3) is 6.43 Å². The summed E-state index contributed by atoms with van der Waals surface area (Å²) < 4.78 is 25.2. The van der Waals surface area contributed by atoms with Crippen LogP contribution in [0, 0.1) is 11.3 Å². The van der Waals surface area contributed by atoms with Crippen LogP contribution in [0.3, 0.4) is 0 Å². The van der Waals surface area contributed by atoms with Crippen molar-refractivity contribution in [1.29, 1.82) is 5.26 Å². The molecule has 96 valence electrons. The van der Waals surface area contributed by atoms with Crippen LogP contribution in [0.4, 0.5) is 8.78 Å². The summed E-state index contributed by atoms with van der Waals surface area (Å²) in [5.74, 6) is -1.51. The SMILES string of the molecule is N#CCCc1cc(C(F)F)cc(C(O)C(=O)O)c1. The molecule has 0 aromatic heterocycles. The monoisotopic (exact) mass is 255 g/mol. The highest BCUT2D eigenvalue weighted by atomic mass is 19.3. The van der Waals surface area contributed by atoms with Gasteiger partial charge < -0.3 is 10.2 Å². The van der Waals surface area contributed by atoms with E-state index in [4.69, 9.17) is 10.4 Å². The lowest BCUT2D eigenvalue weighted by Gasteiger charge is -2.11. The molecule has 0 aliphatic rings. The van der Waals surface area contributed by atoms with E-state index < -0.39 is 18.5 Å². The van der Waals surface area contributed by atoms with Gasteiger partial charge in [-0.3, -0.25) is 0 Å². The van der Waals surface area contributed by atoms with Gasteiger partial charge in [-0.05, 0) is 23.6 Å². The number of aliphatic carboxylic acids is 1. The summed E-state index contributed by atoms with van der Waals surface area (Å²) in [6.45, 7) is 0. The fraction of sp³-hybridized carbons (Fsp3) is 0.333. The van der Waals surface area contributed by atoms with Crippen molar-refractivity contribution in [3.05, 3.63) is 34.9 Å². The topological polar surface area (TPSA) is 81.3 Å². The molecule has 4 nitrogen and oxygen atoms in total. The fourth-order valence-electron chi connectivity index (χ4n) is 1.52. The smallest absolute Gasteiger partial charge is 0.337 e. The van der Waals surface area contributed by atoms with Crippen molar-refractivity contribution in [2.75, 3.05) is 0 Å². The van der Waals surface area contributed by atoms with E-state index in [0.717, 1.165) is 6.07 Å². The van der Waals surface area contributed by atoms with E-state index in [0.29, 0.717) is 5.56 Å². The Hall–Kier alpha value is -2.00. The Labute approximate surface area is 102 Å². The summed E-state index contributed by atoms with van der Waals surface area (Å²) in [5, 5.41) is 26.4. The van der Waals surface area contributed by atoms with Crippen LogP contribution < -0.4 is 0 Å². The summed E-state index contributed by atoms with van der Waals surface area (Å²) in [5.41, 5.74) is -0.0568. The predicted molar refractivity (Wildman–Crippen MR) is 57.9 cm³/mol. The van der Waals surface area contributed by atoms with Crippen molar-refractivity contribution in [1.82, 2.24) is 0 Å². The molecule has 0 aliphatic heterocycles. The maximum absolute atomic E-state index is 12.6. The minimum absolute atomic E-state index is 0.103. The third-order valence-electron chi connectivity index (χ3n) is 2.36. The number of nitriles is 1. The molecule has 0 heterocycles. The van der Waals surface area contributed by atoms with Gasteiger partial charge in [0, 0.05) is 12.0 Å². The molecule has 0 aliphatic carbocycles. The van der Waals surface area contributed by atoms with Crippen molar-refractivity contribution in [3.8, 4) is 6.07 Å².